The van der Waals surface area contributed by atoms with Crippen molar-refractivity contribution in [2.45, 2.75) is 13.5 Å². The largest absolute Gasteiger partial charge is 0.477 e. The Hall–Kier alpha value is -2.41. The van der Waals surface area contributed by atoms with Gasteiger partial charge in [0.05, 0.1) is 12.2 Å². The van der Waals surface area contributed by atoms with E-state index in [9.17, 15) is 9.59 Å². The van der Waals surface area contributed by atoms with Crippen LogP contribution in [0.1, 0.15) is 21.7 Å². The van der Waals surface area contributed by atoms with Crippen molar-refractivity contribution in [1.29, 1.82) is 0 Å². The highest BCUT2D eigenvalue weighted by Crippen LogP contribution is 2.12. The zero-order valence-electron chi connectivity index (χ0n) is 10.6. The third-order valence-electron chi connectivity index (χ3n) is 3.09. The fourth-order valence-electron chi connectivity index (χ4n) is 2.04. The van der Waals surface area contributed by atoms with E-state index < -0.39 is 11.5 Å². The van der Waals surface area contributed by atoms with Gasteiger partial charge in [-0.2, -0.15) is 0 Å². The summed E-state index contributed by atoms with van der Waals surface area (Å²) in [6.45, 7) is 2.03. The highest BCUT2D eigenvalue weighted by Gasteiger charge is 2.13. The number of thiazole rings is 1. The molecule has 20 heavy (non-hydrogen) atoms. The number of nitrogens with zero attached hydrogens (tertiary/aromatic N) is 3. The third-order valence-corrected chi connectivity index (χ3v) is 3.86. The van der Waals surface area contributed by atoms with Crippen LogP contribution in [0.3, 0.4) is 0 Å². The van der Waals surface area contributed by atoms with Gasteiger partial charge in [-0.05, 0) is 19.1 Å². The molecule has 0 atom stereocenters. The van der Waals surface area contributed by atoms with E-state index in [-0.39, 0.29) is 12.1 Å². The molecule has 3 heterocycles. The van der Waals surface area contributed by atoms with Crippen LogP contribution in [0.25, 0.3) is 4.96 Å². The molecule has 3 aromatic rings. The van der Waals surface area contributed by atoms with Crippen molar-refractivity contribution in [2.24, 2.45) is 0 Å². The standard InChI is InChI=1S/C13H11N3O3S/c1-8-2-3-10(12(18)19)11(17)16(8)7-9-6-15-4-5-20-13(15)14-9/h2-6H,7H2,1H3,(H,18,19). The lowest BCUT2D eigenvalue weighted by Crippen LogP contribution is -2.28. The van der Waals surface area contributed by atoms with Crippen LogP contribution in [0.2, 0.25) is 0 Å². The van der Waals surface area contributed by atoms with Gasteiger partial charge in [-0.25, -0.2) is 9.78 Å². The van der Waals surface area contributed by atoms with Crippen LogP contribution in [-0.2, 0) is 6.54 Å². The van der Waals surface area contributed by atoms with Gasteiger partial charge < -0.3 is 9.67 Å². The van der Waals surface area contributed by atoms with Crippen molar-refractivity contribution in [3.05, 3.63) is 57.2 Å². The Bertz CT molecular complexity index is 831. The Morgan fingerprint density at radius 2 is 2.25 bits per heavy atom. The van der Waals surface area contributed by atoms with Crippen molar-refractivity contribution in [3.63, 3.8) is 0 Å². The Morgan fingerprint density at radius 3 is 2.95 bits per heavy atom. The van der Waals surface area contributed by atoms with E-state index in [1.165, 1.54) is 22.0 Å². The van der Waals surface area contributed by atoms with Crippen molar-refractivity contribution < 1.29 is 9.90 Å². The lowest BCUT2D eigenvalue weighted by atomic mass is 10.2. The van der Waals surface area contributed by atoms with Gasteiger partial charge in [0.25, 0.3) is 5.56 Å². The highest BCUT2D eigenvalue weighted by atomic mass is 32.1. The third kappa shape index (κ3) is 2.01. The van der Waals surface area contributed by atoms with E-state index in [0.29, 0.717) is 5.69 Å². The molecule has 3 rings (SSSR count). The molecular formula is C13H11N3O3S. The molecule has 0 saturated heterocycles. The predicted molar refractivity (Wildman–Crippen MR) is 74.6 cm³/mol. The summed E-state index contributed by atoms with van der Waals surface area (Å²) < 4.78 is 3.30. The van der Waals surface area contributed by atoms with Crippen LogP contribution < -0.4 is 5.56 Å². The normalized spacial score (nSPS) is 11.1. The van der Waals surface area contributed by atoms with Crippen LogP contribution in [0.4, 0.5) is 0 Å². The zero-order valence-corrected chi connectivity index (χ0v) is 11.4. The lowest BCUT2D eigenvalue weighted by molar-refractivity contribution is 0.0694. The molecule has 102 valence electrons. The fraction of sp³-hybridized carbons (Fsp3) is 0.154. The minimum Gasteiger partial charge on any atom is -0.477 e. The molecule has 3 aromatic heterocycles. The molecule has 0 saturated carbocycles. The SMILES string of the molecule is Cc1ccc(C(=O)O)c(=O)n1Cc1cn2ccsc2n1. The molecule has 0 aliphatic heterocycles. The topological polar surface area (TPSA) is 76.6 Å². The molecule has 7 heteroatoms. The Morgan fingerprint density at radius 1 is 1.45 bits per heavy atom. The maximum atomic E-state index is 12.1. The van der Waals surface area contributed by atoms with Crippen molar-refractivity contribution in [3.8, 4) is 0 Å². The number of hydrogen-bond acceptors (Lipinski definition) is 4. The van der Waals surface area contributed by atoms with Crippen LogP contribution in [0.5, 0.6) is 0 Å². The van der Waals surface area contributed by atoms with Crippen LogP contribution in [0.15, 0.2) is 34.7 Å². The number of carboxylic acids is 1. The first-order chi connectivity index (χ1) is 9.56. The predicted octanol–water partition coefficient (Wildman–Crippen LogP) is 1.61. The molecule has 0 bridgehead atoms. The van der Waals surface area contributed by atoms with Gasteiger partial charge in [0.1, 0.15) is 5.56 Å². The van der Waals surface area contributed by atoms with Gasteiger partial charge in [0, 0.05) is 23.5 Å². The van der Waals surface area contributed by atoms with Gasteiger partial charge in [-0.15, -0.1) is 11.3 Å². The summed E-state index contributed by atoms with van der Waals surface area (Å²) in [5.41, 5.74) is 0.700. The highest BCUT2D eigenvalue weighted by molar-refractivity contribution is 7.15. The monoisotopic (exact) mass is 289 g/mol. The number of aromatic carboxylic acids is 1. The number of hydrogen-bond donors (Lipinski definition) is 1. The van der Waals surface area contributed by atoms with Gasteiger partial charge in [0.2, 0.25) is 0 Å². The van der Waals surface area contributed by atoms with E-state index in [2.05, 4.69) is 4.98 Å². The Balaban J connectivity index is 2.06. The van der Waals surface area contributed by atoms with Crippen molar-refractivity contribution in [2.75, 3.05) is 0 Å². The number of carbonyl (C=O) groups is 1. The summed E-state index contributed by atoms with van der Waals surface area (Å²) >= 11 is 1.51. The second kappa shape index (κ2) is 4.61. The van der Waals surface area contributed by atoms with E-state index >= 15 is 0 Å². The van der Waals surface area contributed by atoms with Crippen LogP contribution >= 0.6 is 11.3 Å². The van der Waals surface area contributed by atoms with Crippen LogP contribution in [-0.4, -0.2) is 25.0 Å². The smallest absolute Gasteiger partial charge is 0.341 e. The van der Waals surface area contributed by atoms with E-state index in [1.54, 1.807) is 13.0 Å². The number of aryl methyl sites for hydroxylation is 1. The first-order valence-electron chi connectivity index (χ1n) is 5.91. The first-order valence-corrected chi connectivity index (χ1v) is 6.79. The Kier molecular flexibility index (Phi) is 2.90. The molecule has 0 amide bonds. The van der Waals surface area contributed by atoms with E-state index in [0.717, 1.165) is 10.7 Å². The summed E-state index contributed by atoms with van der Waals surface area (Å²) in [7, 11) is 0. The summed E-state index contributed by atoms with van der Waals surface area (Å²) in [6, 6.07) is 2.96. The Labute approximate surface area is 117 Å². The second-order valence-electron chi connectivity index (χ2n) is 4.41. The zero-order chi connectivity index (χ0) is 14.3. The minimum absolute atomic E-state index is 0.225. The number of rotatable bonds is 3. The van der Waals surface area contributed by atoms with Crippen molar-refractivity contribution >= 4 is 22.3 Å². The second-order valence-corrected chi connectivity index (χ2v) is 5.28. The number of fused-ring (bicyclic) bond motifs is 1. The molecule has 0 unspecified atom stereocenters. The maximum absolute atomic E-state index is 12.1. The quantitative estimate of drug-likeness (QED) is 0.794. The number of imidazole rings is 1. The van der Waals surface area contributed by atoms with Crippen molar-refractivity contribution in [1.82, 2.24) is 14.0 Å². The number of pyridine rings is 1. The maximum Gasteiger partial charge on any atom is 0.341 e. The molecule has 0 aromatic carbocycles. The summed E-state index contributed by atoms with van der Waals surface area (Å²) in [4.78, 5) is 28.4. The molecule has 0 aliphatic carbocycles. The van der Waals surface area contributed by atoms with Gasteiger partial charge in [-0.1, -0.05) is 0 Å². The van der Waals surface area contributed by atoms with Gasteiger partial charge in [-0.3, -0.25) is 9.20 Å². The van der Waals surface area contributed by atoms with Crippen LogP contribution in [0, 0.1) is 6.92 Å². The molecule has 0 fully saturated rings. The molecule has 0 radical (unpaired) electrons. The number of carboxylic acid groups (broad SMARTS) is 1. The molecule has 1 N–H and O–H groups in total. The van der Waals surface area contributed by atoms with Gasteiger partial charge in [0.15, 0.2) is 4.96 Å². The molecule has 0 aliphatic rings. The van der Waals surface area contributed by atoms with E-state index in [1.807, 2.05) is 22.2 Å². The molecular weight excluding hydrogens is 278 g/mol. The average Bonchev–Trinajstić information content (AvgIpc) is 2.94. The number of aromatic nitrogens is 3. The summed E-state index contributed by atoms with van der Waals surface area (Å²) in [5, 5.41) is 10.9. The van der Waals surface area contributed by atoms with Gasteiger partial charge >= 0.3 is 5.97 Å². The fourth-order valence-corrected chi connectivity index (χ4v) is 2.76. The van der Waals surface area contributed by atoms with E-state index in [4.69, 9.17) is 5.11 Å². The first kappa shape index (κ1) is 12.6. The lowest BCUT2D eigenvalue weighted by Gasteiger charge is -2.08. The molecule has 0 spiro atoms. The average molecular weight is 289 g/mol. The molecule has 6 nitrogen and oxygen atoms in total. The summed E-state index contributed by atoms with van der Waals surface area (Å²) in [5.74, 6) is -1.21. The minimum atomic E-state index is -1.21. The summed E-state index contributed by atoms with van der Waals surface area (Å²) in [6.07, 6.45) is 3.73.